The largest absolute Gasteiger partial charge is 0.472 e. The van der Waals surface area contributed by atoms with Gasteiger partial charge in [-0.1, -0.05) is 36.3 Å². The molecule has 6 heteroatoms. The van der Waals surface area contributed by atoms with E-state index in [1.807, 2.05) is 12.1 Å². The number of aryl methyl sites for hydroxylation is 2. The number of hydrogen-bond donors (Lipinski definition) is 1. The van der Waals surface area contributed by atoms with Crippen LogP contribution in [0, 0.1) is 0 Å². The van der Waals surface area contributed by atoms with Crippen LogP contribution in [0.1, 0.15) is 30.4 Å². The quantitative estimate of drug-likeness (QED) is 0.721. The van der Waals surface area contributed by atoms with Gasteiger partial charge in [-0.15, -0.1) is 0 Å². The number of furan rings is 1. The number of rotatable bonds is 7. The van der Waals surface area contributed by atoms with Gasteiger partial charge in [0.25, 0.3) is 0 Å². The molecule has 0 unspecified atom stereocenters. The first-order chi connectivity index (χ1) is 11.7. The van der Waals surface area contributed by atoms with Gasteiger partial charge in [0, 0.05) is 19.4 Å². The van der Waals surface area contributed by atoms with Crippen molar-refractivity contribution in [2.24, 2.45) is 0 Å². The normalized spacial score (nSPS) is 10.7. The maximum absolute atomic E-state index is 11.9. The zero-order chi connectivity index (χ0) is 16.8. The van der Waals surface area contributed by atoms with Crippen LogP contribution in [0.15, 0.2) is 51.8 Å². The predicted octanol–water partition coefficient (Wildman–Crippen LogP) is 3.14. The molecule has 0 saturated carbocycles. The van der Waals surface area contributed by atoms with Gasteiger partial charge in [-0.05, 0) is 23.6 Å². The summed E-state index contributed by atoms with van der Waals surface area (Å²) < 4.78 is 10.1. The summed E-state index contributed by atoms with van der Waals surface area (Å²) in [6.07, 6.45) is 4.82. The molecule has 0 bridgehead atoms. The summed E-state index contributed by atoms with van der Waals surface area (Å²) in [5.41, 5.74) is 3.13. The lowest BCUT2D eigenvalue weighted by Crippen LogP contribution is -2.23. The summed E-state index contributed by atoms with van der Waals surface area (Å²) >= 11 is 0. The zero-order valence-electron chi connectivity index (χ0n) is 13.5. The van der Waals surface area contributed by atoms with Crippen molar-refractivity contribution in [3.8, 4) is 11.4 Å². The Balaban J connectivity index is 1.45. The Kier molecular flexibility index (Phi) is 5.05. The number of amides is 1. The minimum absolute atomic E-state index is 0.0439. The average molecular weight is 325 g/mol. The Morgan fingerprint density at radius 2 is 1.96 bits per heavy atom. The van der Waals surface area contributed by atoms with Crippen molar-refractivity contribution in [2.45, 2.75) is 32.7 Å². The summed E-state index contributed by atoms with van der Waals surface area (Å²) in [6.45, 7) is 2.64. The van der Waals surface area contributed by atoms with Crippen LogP contribution < -0.4 is 5.32 Å². The molecule has 0 fully saturated rings. The van der Waals surface area contributed by atoms with Gasteiger partial charge < -0.3 is 14.3 Å². The summed E-state index contributed by atoms with van der Waals surface area (Å²) in [5.74, 6) is 0.862. The van der Waals surface area contributed by atoms with E-state index < -0.39 is 0 Å². The Labute approximate surface area is 139 Å². The van der Waals surface area contributed by atoms with E-state index >= 15 is 0 Å². The lowest BCUT2D eigenvalue weighted by Gasteiger charge is -2.05. The van der Waals surface area contributed by atoms with Crippen molar-refractivity contribution in [3.63, 3.8) is 0 Å². The molecule has 24 heavy (non-hydrogen) atoms. The fraction of sp³-hybridized carbons (Fsp3) is 0.278. The van der Waals surface area contributed by atoms with Crippen molar-refractivity contribution < 1.29 is 13.7 Å². The van der Waals surface area contributed by atoms with Gasteiger partial charge in [-0.2, -0.15) is 4.98 Å². The molecule has 0 aliphatic heterocycles. The topological polar surface area (TPSA) is 81.2 Å². The first-order valence-corrected chi connectivity index (χ1v) is 7.94. The minimum atomic E-state index is -0.0439. The molecule has 6 nitrogen and oxygen atoms in total. The molecule has 0 radical (unpaired) electrons. The molecular weight excluding hydrogens is 306 g/mol. The second-order valence-corrected chi connectivity index (χ2v) is 5.47. The van der Waals surface area contributed by atoms with Crippen molar-refractivity contribution in [1.29, 1.82) is 0 Å². The molecule has 1 amide bonds. The van der Waals surface area contributed by atoms with Crippen molar-refractivity contribution in [2.75, 3.05) is 0 Å². The number of aromatic nitrogens is 2. The molecule has 1 aromatic carbocycles. The van der Waals surface area contributed by atoms with Crippen molar-refractivity contribution in [1.82, 2.24) is 15.5 Å². The number of nitrogens with zero attached hydrogens (tertiary/aromatic N) is 2. The highest BCUT2D eigenvalue weighted by molar-refractivity contribution is 5.76. The molecule has 2 aromatic heterocycles. The monoisotopic (exact) mass is 325 g/mol. The third kappa shape index (κ3) is 4.10. The first kappa shape index (κ1) is 16.0. The van der Waals surface area contributed by atoms with Crippen LogP contribution in [-0.2, 0) is 24.2 Å². The molecule has 0 aliphatic carbocycles. The Bertz CT molecular complexity index is 776. The van der Waals surface area contributed by atoms with E-state index in [0.29, 0.717) is 31.1 Å². The van der Waals surface area contributed by atoms with Gasteiger partial charge in [0.05, 0.1) is 11.8 Å². The molecule has 3 aromatic rings. The predicted molar refractivity (Wildman–Crippen MR) is 88.0 cm³/mol. The number of carbonyl (C=O) groups excluding carboxylic acids is 1. The van der Waals surface area contributed by atoms with E-state index in [-0.39, 0.29) is 5.91 Å². The SMILES string of the molecule is CCc1ccc(CNC(=O)CCc2nc(-c3ccoc3)no2)cc1. The third-order valence-electron chi connectivity index (χ3n) is 3.73. The molecule has 0 atom stereocenters. The lowest BCUT2D eigenvalue weighted by molar-refractivity contribution is -0.121. The highest BCUT2D eigenvalue weighted by atomic mass is 16.5. The molecule has 0 saturated heterocycles. The molecule has 1 N–H and O–H groups in total. The van der Waals surface area contributed by atoms with E-state index in [0.717, 1.165) is 17.5 Å². The second kappa shape index (κ2) is 7.59. The number of benzene rings is 1. The Morgan fingerprint density at radius 3 is 2.67 bits per heavy atom. The molecule has 3 rings (SSSR count). The van der Waals surface area contributed by atoms with Crippen LogP contribution in [0.2, 0.25) is 0 Å². The third-order valence-corrected chi connectivity index (χ3v) is 3.73. The van der Waals surface area contributed by atoms with Gasteiger partial charge in [-0.3, -0.25) is 4.79 Å². The number of carbonyl (C=O) groups is 1. The zero-order valence-corrected chi connectivity index (χ0v) is 13.5. The summed E-state index contributed by atoms with van der Waals surface area (Å²) in [6, 6.07) is 9.99. The van der Waals surface area contributed by atoms with Crippen LogP contribution in [0.4, 0.5) is 0 Å². The van der Waals surface area contributed by atoms with Gasteiger partial charge in [0.1, 0.15) is 6.26 Å². The van der Waals surface area contributed by atoms with Gasteiger partial charge in [0.2, 0.25) is 17.6 Å². The highest BCUT2D eigenvalue weighted by Gasteiger charge is 2.11. The van der Waals surface area contributed by atoms with Crippen molar-refractivity contribution in [3.05, 3.63) is 59.9 Å². The maximum Gasteiger partial charge on any atom is 0.227 e. The van der Waals surface area contributed by atoms with E-state index in [1.165, 1.54) is 5.56 Å². The van der Waals surface area contributed by atoms with Crippen LogP contribution in [0.25, 0.3) is 11.4 Å². The Morgan fingerprint density at radius 1 is 1.17 bits per heavy atom. The number of nitrogens with one attached hydrogen (secondary N) is 1. The summed E-state index contributed by atoms with van der Waals surface area (Å²) in [5, 5.41) is 6.77. The van der Waals surface area contributed by atoms with Crippen molar-refractivity contribution >= 4 is 5.91 Å². The van der Waals surface area contributed by atoms with E-state index in [2.05, 4.69) is 34.5 Å². The van der Waals surface area contributed by atoms with Gasteiger partial charge in [0.15, 0.2) is 0 Å². The van der Waals surface area contributed by atoms with Gasteiger partial charge >= 0.3 is 0 Å². The first-order valence-electron chi connectivity index (χ1n) is 7.94. The second-order valence-electron chi connectivity index (χ2n) is 5.47. The lowest BCUT2D eigenvalue weighted by atomic mass is 10.1. The molecule has 124 valence electrons. The molecule has 0 aliphatic rings. The Hall–Kier alpha value is -2.89. The van der Waals surface area contributed by atoms with Crippen LogP contribution in [0.5, 0.6) is 0 Å². The summed E-state index contributed by atoms with van der Waals surface area (Å²) in [7, 11) is 0. The average Bonchev–Trinajstić information content (AvgIpc) is 3.29. The van der Waals surface area contributed by atoms with Crippen LogP contribution in [0.3, 0.4) is 0 Å². The highest BCUT2D eigenvalue weighted by Crippen LogP contribution is 2.16. The summed E-state index contributed by atoms with van der Waals surface area (Å²) in [4.78, 5) is 16.2. The fourth-order valence-electron chi connectivity index (χ4n) is 2.27. The van der Waals surface area contributed by atoms with Crippen LogP contribution >= 0.6 is 0 Å². The van der Waals surface area contributed by atoms with E-state index in [9.17, 15) is 4.79 Å². The van der Waals surface area contributed by atoms with Crippen LogP contribution in [-0.4, -0.2) is 16.0 Å². The maximum atomic E-state index is 11.9. The van der Waals surface area contributed by atoms with E-state index in [4.69, 9.17) is 8.94 Å². The molecular formula is C18H19N3O3. The van der Waals surface area contributed by atoms with Gasteiger partial charge in [-0.25, -0.2) is 0 Å². The number of hydrogen-bond acceptors (Lipinski definition) is 5. The fourth-order valence-corrected chi connectivity index (χ4v) is 2.27. The smallest absolute Gasteiger partial charge is 0.227 e. The van der Waals surface area contributed by atoms with E-state index in [1.54, 1.807) is 18.6 Å². The molecule has 2 heterocycles. The minimum Gasteiger partial charge on any atom is -0.472 e. The standard InChI is InChI=1S/C18H19N3O3/c1-2-13-3-5-14(6-4-13)11-19-16(22)7-8-17-20-18(21-24-17)15-9-10-23-12-15/h3-6,9-10,12H,2,7-8,11H2,1H3,(H,19,22). The molecule has 0 spiro atoms.